The fourth-order valence-corrected chi connectivity index (χ4v) is 4.81. The van der Waals surface area contributed by atoms with Gasteiger partial charge in [-0.05, 0) is 55.4 Å². The molecule has 9 heteroatoms. The molecule has 0 N–H and O–H groups in total. The predicted molar refractivity (Wildman–Crippen MR) is 120 cm³/mol. The van der Waals surface area contributed by atoms with Gasteiger partial charge in [0.15, 0.2) is 0 Å². The van der Waals surface area contributed by atoms with Crippen LogP contribution in [0.25, 0.3) is 11.8 Å². The van der Waals surface area contributed by atoms with E-state index in [1.54, 1.807) is 11.0 Å². The number of carbonyl (C=O) groups is 3. The molecule has 7 nitrogen and oxygen atoms in total. The smallest absolute Gasteiger partial charge is 0.294 e. The zero-order valence-corrected chi connectivity index (χ0v) is 18.8. The van der Waals surface area contributed by atoms with Crippen LogP contribution in [0.1, 0.15) is 17.0 Å². The lowest BCUT2D eigenvalue weighted by atomic mass is 10.2. The van der Waals surface area contributed by atoms with Crippen LogP contribution in [0.5, 0.6) is 0 Å². The number of halogens is 1. The highest BCUT2D eigenvalue weighted by Crippen LogP contribution is 2.34. The zero-order valence-electron chi connectivity index (χ0n) is 17.3. The van der Waals surface area contributed by atoms with Gasteiger partial charge in [-0.2, -0.15) is 0 Å². The monoisotopic (exact) mass is 459 g/mol. The average Bonchev–Trinajstić information content (AvgIpc) is 3.18. The van der Waals surface area contributed by atoms with Crippen LogP contribution in [-0.4, -0.2) is 64.3 Å². The van der Waals surface area contributed by atoms with E-state index in [-0.39, 0.29) is 12.5 Å². The summed E-state index contributed by atoms with van der Waals surface area (Å²) in [6, 6.07) is 9.49. The lowest BCUT2D eigenvalue weighted by Crippen LogP contribution is -2.46. The molecule has 0 atom stereocenters. The maximum Gasteiger partial charge on any atom is 0.294 e. The number of amides is 3. The molecule has 4 rings (SSSR count). The Morgan fingerprint density at radius 1 is 1.19 bits per heavy atom. The molecule has 0 aliphatic carbocycles. The number of thioether (sulfide) groups is 1. The minimum atomic E-state index is -0.445. The number of para-hydroxylation sites is 1. The maximum atomic E-state index is 12.9. The van der Waals surface area contributed by atoms with Gasteiger partial charge < -0.3 is 14.2 Å². The van der Waals surface area contributed by atoms with Gasteiger partial charge >= 0.3 is 0 Å². The van der Waals surface area contributed by atoms with E-state index in [2.05, 4.69) is 0 Å². The van der Waals surface area contributed by atoms with Crippen LogP contribution in [0.15, 0.2) is 35.2 Å². The van der Waals surface area contributed by atoms with Gasteiger partial charge in [0.2, 0.25) is 5.91 Å². The summed E-state index contributed by atoms with van der Waals surface area (Å²) in [5, 5.41) is 0.190. The molecule has 3 heterocycles. The molecule has 1 aromatic carbocycles. The van der Waals surface area contributed by atoms with Crippen molar-refractivity contribution >= 4 is 46.5 Å². The lowest BCUT2D eigenvalue weighted by Gasteiger charge is -2.28. The number of rotatable bonds is 4. The molecule has 2 aliphatic rings. The van der Waals surface area contributed by atoms with Crippen LogP contribution in [0.4, 0.5) is 4.79 Å². The van der Waals surface area contributed by atoms with Crippen LogP contribution < -0.4 is 0 Å². The number of ether oxygens (including phenoxy) is 1. The Labute approximate surface area is 189 Å². The Bertz CT molecular complexity index is 1090. The van der Waals surface area contributed by atoms with Crippen LogP contribution >= 0.6 is 23.4 Å². The molecular formula is C22H22ClN3O4S. The molecule has 162 valence electrons. The first kappa shape index (κ1) is 21.7. The van der Waals surface area contributed by atoms with Crippen molar-refractivity contribution in [2.45, 2.75) is 13.8 Å². The number of aromatic nitrogens is 1. The number of morpholine rings is 1. The highest BCUT2D eigenvalue weighted by molar-refractivity contribution is 8.18. The van der Waals surface area contributed by atoms with Gasteiger partial charge in [0.25, 0.3) is 11.1 Å². The first-order chi connectivity index (χ1) is 14.9. The van der Waals surface area contributed by atoms with E-state index in [1.165, 1.54) is 0 Å². The Morgan fingerprint density at radius 2 is 1.90 bits per heavy atom. The average molecular weight is 460 g/mol. The van der Waals surface area contributed by atoms with E-state index >= 15 is 0 Å². The molecule has 2 saturated heterocycles. The second kappa shape index (κ2) is 8.90. The van der Waals surface area contributed by atoms with E-state index in [0.29, 0.717) is 36.2 Å². The van der Waals surface area contributed by atoms with Crippen molar-refractivity contribution in [1.82, 2.24) is 14.4 Å². The summed E-state index contributed by atoms with van der Waals surface area (Å²) in [4.78, 5) is 40.7. The number of hydrogen-bond acceptors (Lipinski definition) is 5. The van der Waals surface area contributed by atoms with Crippen LogP contribution in [0.3, 0.4) is 0 Å². The van der Waals surface area contributed by atoms with E-state index < -0.39 is 11.1 Å². The largest absolute Gasteiger partial charge is 0.378 e. The molecule has 0 radical (unpaired) electrons. The van der Waals surface area contributed by atoms with Gasteiger partial charge in [-0.1, -0.05) is 23.7 Å². The van der Waals surface area contributed by atoms with Crippen LogP contribution in [0.2, 0.25) is 5.02 Å². The van der Waals surface area contributed by atoms with Gasteiger partial charge in [0.1, 0.15) is 6.54 Å². The molecule has 2 fully saturated rings. The van der Waals surface area contributed by atoms with Crippen molar-refractivity contribution in [2.75, 3.05) is 32.8 Å². The Morgan fingerprint density at radius 3 is 2.61 bits per heavy atom. The summed E-state index contributed by atoms with van der Waals surface area (Å²) < 4.78 is 7.26. The van der Waals surface area contributed by atoms with Crippen molar-refractivity contribution in [1.29, 1.82) is 0 Å². The standard InChI is InChI=1S/C22H22ClN3O4S/c1-14-11-16(15(2)26(14)18-6-4-3-5-17(18)23)12-19-21(28)25(22(29)31-19)13-20(27)24-7-9-30-10-8-24/h3-6,11-12H,7-10,13H2,1-2H3/b19-12-. The third kappa shape index (κ3) is 4.28. The highest BCUT2D eigenvalue weighted by Gasteiger charge is 2.37. The Balaban J connectivity index is 1.57. The van der Waals surface area contributed by atoms with Crippen LogP contribution in [0, 0.1) is 13.8 Å². The Kier molecular flexibility index (Phi) is 6.22. The van der Waals surface area contributed by atoms with Crippen LogP contribution in [-0.2, 0) is 14.3 Å². The van der Waals surface area contributed by atoms with Crippen molar-refractivity contribution in [3.8, 4) is 5.69 Å². The molecule has 2 aromatic rings. The zero-order chi connectivity index (χ0) is 22.1. The summed E-state index contributed by atoms with van der Waals surface area (Å²) in [6.45, 7) is 5.52. The van der Waals surface area contributed by atoms with Crippen molar-refractivity contribution in [3.63, 3.8) is 0 Å². The SMILES string of the molecule is Cc1cc(/C=C2\SC(=O)N(CC(=O)N3CCOCC3)C2=O)c(C)n1-c1ccccc1Cl. The van der Waals surface area contributed by atoms with E-state index in [0.717, 1.165) is 39.3 Å². The number of nitrogens with zero attached hydrogens (tertiary/aromatic N) is 3. The van der Waals surface area contributed by atoms with Crippen molar-refractivity contribution in [3.05, 3.63) is 57.2 Å². The van der Waals surface area contributed by atoms with Gasteiger partial charge in [-0.15, -0.1) is 0 Å². The quantitative estimate of drug-likeness (QED) is 0.653. The number of carbonyl (C=O) groups excluding carboxylic acids is 3. The topological polar surface area (TPSA) is 71.9 Å². The number of aryl methyl sites for hydroxylation is 1. The maximum absolute atomic E-state index is 12.9. The van der Waals surface area contributed by atoms with Crippen molar-refractivity contribution in [2.24, 2.45) is 0 Å². The second-order valence-electron chi connectivity index (χ2n) is 7.37. The van der Waals surface area contributed by atoms with E-state index in [9.17, 15) is 14.4 Å². The van der Waals surface area contributed by atoms with Crippen molar-refractivity contribution < 1.29 is 19.1 Å². The second-order valence-corrected chi connectivity index (χ2v) is 8.77. The summed E-state index contributed by atoms with van der Waals surface area (Å²) in [5.41, 5.74) is 3.53. The van der Waals surface area contributed by atoms with Gasteiger partial charge in [0, 0.05) is 24.5 Å². The summed E-state index contributed by atoms with van der Waals surface area (Å²) in [5.74, 6) is -0.692. The minimum Gasteiger partial charge on any atom is -0.378 e. The minimum absolute atomic E-state index is 0.247. The first-order valence-corrected chi connectivity index (χ1v) is 11.1. The van der Waals surface area contributed by atoms with Gasteiger partial charge in [-0.25, -0.2) is 0 Å². The molecule has 0 bridgehead atoms. The van der Waals surface area contributed by atoms with E-state index in [1.807, 2.05) is 48.7 Å². The molecule has 31 heavy (non-hydrogen) atoms. The Hall–Kier alpha value is -2.55. The number of benzene rings is 1. The summed E-state index contributed by atoms with van der Waals surface area (Å²) >= 11 is 7.22. The lowest BCUT2D eigenvalue weighted by molar-refractivity contribution is -0.139. The summed E-state index contributed by atoms with van der Waals surface area (Å²) in [7, 11) is 0. The highest BCUT2D eigenvalue weighted by atomic mass is 35.5. The third-order valence-electron chi connectivity index (χ3n) is 5.38. The summed E-state index contributed by atoms with van der Waals surface area (Å²) in [6.07, 6.45) is 1.71. The molecule has 0 saturated carbocycles. The first-order valence-electron chi connectivity index (χ1n) is 9.91. The number of hydrogen-bond donors (Lipinski definition) is 0. The number of imide groups is 1. The molecule has 0 unspecified atom stereocenters. The predicted octanol–water partition coefficient (Wildman–Crippen LogP) is 3.64. The van der Waals surface area contributed by atoms with Gasteiger partial charge in [0.05, 0.1) is 28.8 Å². The molecule has 1 aromatic heterocycles. The fourth-order valence-electron chi connectivity index (χ4n) is 3.76. The fraction of sp³-hybridized carbons (Fsp3) is 0.318. The van der Waals surface area contributed by atoms with E-state index in [4.69, 9.17) is 16.3 Å². The molecular weight excluding hydrogens is 438 g/mol. The van der Waals surface area contributed by atoms with Gasteiger partial charge in [-0.3, -0.25) is 19.3 Å². The normalized spacial score (nSPS) is 18.4. The molecule has 0 spiro atoms. The molecule has 3 amide bonds. The third-order valence-corrected chi connectivity index (χ3v) is 6.61. The molecule has 2 aliphatic heterocycles.